The van der Waals surface area contributed by atoms with E-state index in [1.54, 1.807) is 0 Å². The lowest BCUT2D eigenvalue weighted by molar-refractivity contribution is 0.496. The second kappa shape index (κ2) is 6.40. The van der Waals surface area contributed by atoms with Crippen LogP contribution >= 0.6 is 11.6 Å². The third-order valence-electron chi connectivity index (χ3n) is 2.67. The predicted molar refractivity (Wildman–Crippen MR) is 72.1 cm³/mol. The van der Waals surface area contributed by atoms with Crippen molar-refractivity contribution in [2.24, 2.45) is 0 Å². The van der Waals surface area contributed by atoms with Crippen LogP contribution in [0.5, 0.6) is 0 Å². The summed E-state index contributed by atoms with van der Waals surface area (Å²) in [6.07, 6.45) is 1.56. The van der Waals surface area contributed by atoms with E-state index in [9.17, 15) is 0 Å². The van der Waals surface area contributed by atoms with Gasteiger partial charge in [-0.05, 0) is 12.0 Å². The van der Waals surface area contributed by atoms with Crippen molar-refractivity contribution in [1.82, 2.24) is 10.2 Å². The van der Waals surface area contributed by atoms with Gasteiger partial charge in [-0.1, -0.05) is 35.4 Å². The molecular formula is C13H16ClN3O. The molecule has 5 heteroatoms. The number of benzene rings is 1. The van der Waals surface area contributed by atoms with Gasteiger partial charge in [0.25, 0.3) is 0 Å². The SMILES string of the molecule is CN(CCc1ccccc1)c1nnc(CCCl)o1. The molecule has 0 unspecified atom stereocenters. The monoisotopic (exact) mass is 265 g/mol. The van der Waals surface area contributed by atoms with E-state index in [2.05, 4.69) is 22.3 Å². The van der Waals surface area contributed by atoms with Gasteiger partial charge in [-0.3, -0.25) is 0 Å². The number of anilines is 1. The molecule has 0 amide bonds. The van der Waals surface area contributed by atoms with Crippen LogP contribution in [-0.4, -0.2) is 29.7 Å². The number of likely N-dealkylation sites (N-methyl/N-ethyl adjacent to an activating group) is 1. The fraction of sp³-hybridized carbons (Fsp3) is 0.385. The van der Waals surface area contributed by atoms with E-state index >= 15 is 0 Å². The molecule has 18 heavy (non-hydrogen) atoms. The van der Waals surface area contributed by atoms with Crippen molar-refractivity contribution in [3.63, 3.8) is 0 Å². The molecule has 1 aromatic carbocycles. The van der Waals surface area contributed by atoms with E-state index in [0.29, 0.717) is 24.2 Å². The number of aryl methyl sites for hydroxylation is 1. The highest BCUT2D eigenvalue weighted by molar-refractivity contribution is 6.17. The third kappa shape index (κ3) is 3.47. The first-order valence-electron chi connectivity index (χ1n) is 5.93. The topological polar surface area (TPSA) is 42.2 Å². The Labute approximate surface area is 112 Å². The van der Waals surface area contributed by atoms with E-state index < -0.39 is 0 Å². The van der Waals surface area contributed by atoms with Gasteiger partial charge in [0.1, 0.15) is 0 Å². The molecule has 0 aliphatic rings. The minimum absolute atomic E-state index is 0.495. The Balaban J connectivity index is 1.89. The van der Waals surface area contributed by atoms with Gasteiger partial charge in [0.15, 0.2) is 0 Å². The Hall–Kier alpha value is -1.55. The van der Waals surface area contributed by atoms with Gasteiger partial charge in [0.2, 0.25) is 5.89 Å². The number of nitrogens with zero attached hydrogens (tertiary/aromatic N) is 3. The molecule has 0 fully saturated rings. The molecule has 1 heterocycles. The molecule has 0 bridgehead atoms. The van der Waals surface area contributed by atoms with Gasteiger partial charge >= 0.3 is 6.01 Å². The van der Waals surface area contributed by atoms with Crippen molar-refractivity contribution < 1.29 is 4.42 Å². The molecule has 0 saturated carbocycles. The van der Waals surface area contributed by atoms with Crippen LogP contribution in [0.15, 0.2) is 34.7 Å². The van der Waals surface area contributed by atoms with E-state index in [1.165, 1.54) is 5.56 Å². The Kier molecular flexibility index (Phi) is 4.59. The molecule has 0 atom stereocenters. The van der Waals surface area contributed by atoms with Crippen molar-refractivity contribution >= 4 is 17.6 Å². The lowest BCUT2D eigenvalue weighted by Crippen LogP contribution is -2.20. The molecule has 0 aliphatic carbocycles. The molecule has 96 valence electrons. The summed E-state index contributed by atoms with van der Waals surface area (Å²) in [7, 11) is 1.95. The maximum absolute atomic E-state index is 5.62. The fourth-order valence-electron chi connectivity index (χ4n) is 1.62. The zero-order chi connectivity index (χ0) is 12.8. The summed E-state index contributed by atoms with van der Waals surface area (Å²) in [4.78, 5) is 1.96. The Morgan fingerprint density at radius 1 is 1.17 bits per heavy atom. The van der Waals surface area contributed by atoms with Gasteiger partial charge in [-0.2, -0.15) is 0 Å². The Bertz CT molecular complexity index is 472. The predicted octanol–water partition coefficient (Wildman–Crippen LogP) is 2.53. The second-order valence-corrected chi connectivity index (χ2v) is 4.45. The zero-order valence-corrected chi connectivity index (χ0v) is 11.1. The zero-order valence-electron chi connectivity index (χ0n) is 10.3. The lowest BCUT2D eigenvalue weighted by atomic mass is 10.1. The minimum Gasteiger partial charge on any atom is -0.408 e. The van der Waals surface area contributed by atoms with Crippen molar-refractivity contribution in [2.45, 2.75) is 12.8 Å². The van der Waals surface area contributed by atoms with Crippen LogP contribution in [0.3, 0.4) is 0 Å². The maximum Gasteiger partial charge on any atom is 0.317 e. The average molecular weight is 266 g/mol. The highest BCUT2D eigenvalue weighted by atomic mass is 35.5. The standard InChI is InChI=1S/C13H16ClN3O/c1-17(10-8-11-5-3-2-4-6-11)13-16-15-12(18-13)7-9-14/h2-6H,7-10H2,1H3. The summed E-state index contributed by atoms with van der Waals surface area (Å²) in [5.41, 5.74) is 1.30. The van der Waals surface area contributed by atoms with Crippen LogP contribution in [0.4, 0.5) is 6.01 Å². The van der Waals surface area contributed by atoms with Gasteiger partial charge in [-0.15, -0.1) is 16.7 Å². The number of hydrogen-bond acceptors (Lipinski definition) is 4. The van der Waals surface area contributed by atoms with Crippen LogP contribution in [0.1, 0.15) is 11.5 Å². The number of rotatable bonds is 6. The van der Waals surface area contributed by atoms with Crippen LogP contribution in [0.25, 0.3) is 0 Å². The van der Waals surface area contributed by atoms with E-state index in [-0.39, 0.29) is 0 Å². The number of aromatic nitrogens is 2. The third-order valence-corrected chi connectivity index (χ3v) is 2.86. The van der Waals surface area contributed by atoms with E-state index in [0.717, 1.165) is 13.0 Å². The summed E-state index contributed by atoms with van der Waals surface area (Å²) in [6, 6.07) is 10.9. The average Bonchev–Trinajstić information content (AvgIpc) is 2.86. The summed E-state index contributed by atoms with van der Waals surface area (Å²) in [5, 5.41) is 7.94. The van der Waals surface area contributed by atoms with Crippen LogP contribution in [-0.2, 0) is 12.8 Å². The van der Waals surface area contributed by atoms with Crippen LogP contribution < -0.4 is 4.90 Å². The van der Waals surface area contributed by atoms with E-state index in [4.69, 9.17) is 16.0 Å². The van der Waals surface area contributed by atoms with Gasteiger partial charge in [0, 0.05) is 25.9 Å². The minimum atomic E-state index is 0.495. The lowest BCUT2D eigenvalue weighted by Gasteiger charge is -2.13. The molecule has 1 aromatic heterocycles. The normalized spacial score (nSPS) is 10.6. The van der Waals surface area contributed by atoms with Crippen molar-refractivity contribution in [1.29, 1.82) is 0 Å². The summed E-state index contributed by atoms with van der Waals surface area (Å²) in [5.74, 6) is 1.08. The van der Waals surface area contributed by atoms with Crippen molar-refractivity contribution in [2.75, 3.05) is 24.4 Å². The number of hydrogen-bond donors (Lipinski definition) is 0. The van der Waals surface area contributed by atoms with Crippen molar-refractivity contribution in [3.8, 4) is 0 Å². The highest BCUT2D eigenvalue weighted by Crippen LogP contribution is 2.12. The molecule has 4 nitrogen and oxygen atoms in total. The summed E-state index contributed by atoms with van der Waals surface area (Å²) in [6.45, 7) is 0.840. The van der Waals surface area contributed by atoms with Crippen molar-refractivity contribution in [3.05, 3.63) is 41.8 Å². The highest BCUT2D eigenvalue weighted by Gasteiger charge is 2.10. The van der Waals surface area contributed by atoms with Gasteiger partial charge < -0.3 is 9.32 Å². The molecule has 0 spiro atoms. The molecular weight excluding hydrogens is 250 g/mol. The van der Waals surface area contributed by atoms with Crippen LogP contribution in [0.2, 0.25) is 0 Å². The maximum atomic E-state index is 5.62. The Morgan fingerprint density at radius 3 is 2.67 bits per heavy atom. The van der Waals surface area contributed by atoms with Gasteiger partial charge in [0.05, 0.1) is 0 Å². The molecule has 2 rings (SSSR count). The first kappa shape index (κ1) is 12.9. The first-order chi connectivity index (χ1) is 8.79. The smallest absolute Gasteiger partial charge is 0.317 e. The van der Waals surface area contributed by atoms with E-state index in [1.807, 2.05) is 30.1 Å². The molecule has 0 N–H and O–H groups in total. The quantitative estimate of drug-likeness (QED) is 0.753. The Morgan fingerprint density at radius 2 is 1.94 bits per heavy atom. The number of halogens is 1. The molecule has 2 aromatic rings. The first-order valence-corrected chi connectivity index (χ1v) is 6.46. The number of alkyl halides is 1. The van der Waals surface area contributed by atoms with Crippen LogP contribution in [0, 0.1) is 0 Å². The molecule has 0 aliphatic heterocycles. The van der Waals surface area contributed by atoms with Gasteiger partial charge in [-0.25, -0.2) is 0 Å². The second-order valence-electron chi connectivity index (χ2n) is 4.07. The molecule has 0 saturated heterocycles. The summed E-state index contributed by atoms with van der Waals surface area (Å²) >= 11 is 5.62. The fourth-order valence-corrected chi connectivity index (χ4v) is 1.78. The molecule has 0 radical (unpaired) electrons. The largest absolute Gasteiger partial charge is 0.408 e. The summed E-state index contributed by atoms with van der Waals surface area (Å²) < 4.78 is 5.49.